The van der Waals surface area contributed by atoms with Gasteiger partial charge in [-0.1, -0.05) is 29.8 Å². The highest BCUT2D eigenvalue weighted by molar-refractivity contribution is 6.30. The number of rotatable bonds is 0. The van der Waals surface area contributed by atoms with Gasteiger partial charge in [-0.05, 0) is 48.2 Å². The Labute approximate surface area is 116 Å². The Balaban J connectivity index is 1.86. The number of carbonyl (C=O) groups is 1. The summed E-state index contributed by atoms with van der Waals surface area (Å²) in [5.41, 5.74) is 4.20. The number of anilines is 1. The van der Waals surface area contributed by atoms with E-state index in [2.05, 4.69) is 6.07 Å². The van der Waals surface area contributed by atoms with Crippen LogP contribution in [-0.4, -0.2) is 11.9 Å². The molecule has 1 unspecified atom stereocenters. The highest BCUT2D eigenvalue weighted by Crippen LogP contribution is 2.38. The zero-order valence-electron chi connectivity index (χ0n) is 10.3. The molecular formula is C16H12ClNO. The van der Waals surface area contributed by atoms with Crippen molar-refractivity contribution in [3.8, 4) is 0 Å². The third-order valence-corrected chi connectivity index (χ3v) is 4.28. The average molecular weight is 270 g/mol. The molecule has 4 rings (SSSR count). The maximum Gasteiger partial charge on any atom is 0.258 e. The molecule has 0 aromatic heterocycles. The van der Waals surface area contributed by atoms with Gasteiger partial charge in [0.05, 0.1) is 0 Å². The Hall–Kier alpha value is -1.80. The quantitative estimate of drug-likeness (QED) is 0.717. The number of hydrogen-bond donors (Lipinski definition) is 0. The molecule has 0 radical (unpaired) electrons. The second kappa shape index (κ2) is 3.84. The predicted octanol–water partition coefficient (Wildman–Crippen LogP) is 3.47. The third kappa shape index (κ3) is 1.53. The summed E-state index contributed by atoms with van der Waals surface area (Å²) in [6.07, 6.45) is 1.82. The number of nitrogens with zero attached hydrogens (tertiary/aromatic N) is 1. The third-order valence-electron chi connectivity index (χ3n) is 4.04. The first-order valence-electron chi connectivity index (χ1n) is 6.44. The largest absolute Gasteiger partial charge is 0.304 e. The number of carbonyl (C=O) groups excluding carboxylic acids is 1. The van der Waals surface area contributed by atoms with Gasteiger partial charge in [-0.2, -0.15) is 0 Å². The van der Waals surface area contributed by atoms with E-state index in [1.165, 1.54) is 5.56 Å². The summed E-state index contributed by atoms with van der Waals surface area (Å²) in [5, 5.41) is 0.704. The molecule has 0 N–H and O–H groups in total. The fourth-order valence-electron chi connectivity index (χ4n) is 3.22. The van der Waals surface area contributed by atoms with Crippen LogP contribution in [-0.2, 0) is 12.8 Å². The zero-order chi connectivity index (χ0) is 13.0. The van der Waals surface area contributed by atoms with Gasteiger partial charge >= 0.3 is 0 Å². The van der Waals surface area contributed by atoms with Crippen molar-refractivity contribution < 1.29 is 4.79 Å². The van der Waals surface area contributed by atoms with E-state index in [1.807, 2.05) is 35.2 Å². The second-order valence-electron chi connectivity index (χ2n) is 5.17. The van der Waals surface area contributed by atoms with E-state index in [1.54, 1.807) is 6.07 Å². The maximum absolute atomic E-state index is 12.7. The van der Waals surface area contributed by atoms with Crippen molar-refractivity contribution in [2.24, 2.45) is 0 Å². The van der Waals surface area contributed by atoms with Crippen LogP contribution < -0.4 is 4.90 Å². The Bertz CT molecular complexity index is 695. The number of fused-ring (bicyclic) bond motifs is 4. The highest BCUT2D eigenvalue weighted by Gasteiger charge is 2.38. The molecule has 94 valence electrons. The minimum atomic E-state index is 0.105. The van der Waals surface area contributed by atoms with Gasteiger partial charge in [-0.15, -0.1) is 0 Å². The lowest BCUT2D eigenvalue weighted by Gasteiger charge is -2.31. The van der Waals surface area contributed by atoms with E-state index in [-0.39, 0.29) is 11.9 Å². The Morgan fingerprint density at radius 1 is 1.05 bits per heavy atom. The van der Waals surface area contributed by atoms with Gasteiger partial charge in [0.1, 0.15) is 0 Å². The number of hydrogen-bond acceptors (Lipinski definition) is 1. The standard InChI is InChI=1S/C16H12ClNO/c17-12-5-6-14-11(7-12)9-13-8-10-3-1-2-4-15(10)18(13)16(14)19/h1-7,13H,8-9H2. The predicted molar refractivity (Wildman–Crippen MR) is 75.9 cm³/mol. The fourth-order valence-corrected chi connectivity index (χ4v) is 3.42. The fraction of sp³-hybridized carbons (Fsp3) is 0.188. The van der Waals surface area contributed by atoms with Crippen molar-refractivity contribution in [2.45, 2.75) is 18.9 Å². The number of halogens is 1. The smallest absolute Gasteiger partial charge is 0.258 e. The van der Waals surface area contributed by atoms with E-state index in [0.29, 0.717) is 5.02 Å². The molecule has 1 atom stereocenters. The van der Waals surface area contributed by atoms with E-state index >= 15 is 0 Å². The summed E-state index contributed by atoms with van der Waals surface area (Å²) < 4.78 is 0. The SMILES string of the molecule is O=C1c2ccc(Cl)cc2CC2Cc3ccccc3N12. The van der Waals surface area contributed by atoms with Crippen molar-refractivity contribution in [3.63, 3.8) is 0 Å². The minimum Gasteiger partial charge on any atom is -0.304 e. The Kier molecular flexibility index (Phi) is 2.24. The molecule has 2 aliphatic heterocycles. The van der Waals surface area contributed by atoms with E-state index in [9.17, 15) is 4.79 Å². The van der Waals surface area contributed by atoms with Gasteiger partial charge < -0.3 is 4.90 Å². The minimum absolute atomic E-state index is 0.105. The van der Waals surface area contributed by atoms with Gasteiger partial charge in [-0.3, -0.25) is 4.79 Å². The maximum atomic E-state index is 12.7. The lowest BCUT2D eigenvalue weighted by atomic mass is 9.93. The van der Waals surface area contributed by atoms with Gasteiger partial charge in [-0.25, -0.2) is 0 Å². The summed E-state index contributed by atoms with van der Waals surface area (Å²) in [4.78, 5) is 14.6. The molecule has 2 heterocycles. The lowest BCUT2D eigenvalue weighted by Crippen LogP contribution is -2.43. The van der Waals surface area contributed by atoms with Crippen molar-refractivity contribution in [1.82, 2.24) is 0 Å². The molecule has 2 aliphatic rings. The lowest BCUT2D eigenvalue weighted by molar-refractivity contribution is 0.0971. The summed E-state index contributed by atoms with van der Waals surface area (Å²) in [5.74, 6) is 0.105. The first-order valence-corrected chi connectivity index (χ1v) is 6.82. The molecule has 0 spiro atoms. The van der Waals surface area contributed by atoms with Crippen LogP contribution in [0.25, 0.3) is 0 Å². The molecule has 0 saturated heterocycles. The Morgan fingerprint density at radius 2 is 1.84 bits per heavy atom. The van der Waals surface area contributed by atoms with Crippen LogP contribution in [0.1, 0.15) is 21.5 Å². The van der Waals surface area contributed by atoms with E-state index < -0.39 is 0 Å². The van der Waals surface area contributed by atoms with Crippen LogP contribution >= 0.6 is 11.6 Å². The van der Waals surface area contributed by atoms with Crippen LogP contribution in [0.3, 0.4) is 0 Å². The summed E-state index contributed by atoms with van der Waals surface area (Å²) in [6, 6.07) is 14.0. The summed E-state index contributed by atoms with van der Waals surface area (Å²) in [6.45, 7) is 0. The van der Waals surface area contributed by atoms with Crippen molar-refractivity contribution in [3.05, 3.63) is 64.2 Å². The second-order valence-corrected chi connectivity index (χ2v) is 5.60. The zero-order valence-corrected chi connectivity index (χ0v) is 11.0. The number of benzene rings is 2. The molecule has 2 aromatic rings. The topological polar surface area (TPSA) is 20.3 Å². The first-order chi connectivity index (χ1) is 9.24. The molecule has 2 nitrogen and oxygen atoms in total. The molecular weight excluding hydrogens is 258 g/mol. The molecule has 2 aromatic carbocycles. The van der Waals surface area contributed by atoms with E-state index in [4.69, 9.17) is 11.6 Å². The summed E-state index contributed by atoms with van der Waals surface area (Å²) >= 11 is 6.03. The monoisotopic (exact) mass is 269 g/mol. The molecule has 0 aliphatic carbocycles. The van der Waals surface area contributed by atoms with Gasteiger partial charge in [0.15, 0.2) is 0 Å². The van der Waals surface area contributed by atoms with Crippen LogP contribution in [0.5, 0.6) is 0 Å². The molecule has 0 saturated carbocycles. The van der Waals surface area contributed by atoms with E-state index in [0.717, 1.165) is 29.7 Å². The van der Waals surface area contributed by atoms with Gasteiger partial charge in [0.25, 0.3) is 5.91 Å². The van der Waals surface area contributed by atoms with Crippen LogP contribution in [0.15, 0.2) is 42.5 Å². The van der Waals surface area contributed by atoms with Crippen molar-refractivity contribution in [2.75, 3.05) is 4.90 Å². The van der Waals surface area contributed by atoms with Gasteiger partial charge in [0.2, 0.25) is 0 Å². The average Bonchev–Trinajstić information content (AvgIpc) is 2.76. The molecule has 19 heavy (non-hydrogen) atoms. The van der Waals surface area contributed by atoms with Crippen molar-refractivity contribution in [1.29, 1.82) is 0 Å². The van der Waals surface area contributed by atoms with Crippen LogP contribution in [0.4, 0.5) is 5.69 Å². The summed E-state index contributed by atoms with van der Waals surface area (Å²) in [7, 11) is 0. The van der Waals surface area contributed by atoms with Crippen LogP contribution in [0.2, 0.25) is 5.02 Å². The number of amides is 1. The van der Waals surface area contributed by atoms with Crippen molar-refractivity contribution >= 4 is 23.2 Å². The molecule has 3 heteroatoms. The number of para-hydroxylation sites is 1. The first kappa shape index (κ1) is 11.1. The molecule has 0 fully saturated rings. The highest BCUT2D eigenvalue weighted by atomic mass is 35.5. The van der Waals surface area contributed by atoms with Crippen LogP contribution in [0, 0.1) is 0 Å². The molecule has 0 bridgehead atoms. The molecule has 1 amide bonds. The Morgan fingerprint density at radius 3 is 2.74 bits per heavy atom. The van der Waals surface area contributed by atoms with Gasteiger partial charge in [0, 0.05) is 22.3 Å². The normalized spacial score (nSPS) is 19.9.